The monoisotopic (exact) mass is 240 g/mol. The van der Waals surface area contributed by atoms with Gasteiger partial charge in [-0.05, 0) is 6.07 Å². The number of aromatic nitrogens is 1. The van der Waals surface area contributed by atoms with Gasteiger partial charge in [0.15, 0.2) is 0 Å². The molecule has 76 valence electrons. The van der Waals surface area contributed by atoms with Gasteiger partial charge >= 0.3 is 0 Å². The maximum absolute atomic E-state index is 12.4. The predicted molar refractivity (Wildman–Crippen MR) is 47.7 cm³/mol. The smallest absolute Gasteiger partial charge is 0.264 e. The van der Waals surface area contributed by atoms with Crippen molar-refractivity contribution in [2.45, 2.75) is 6.43 Å². The highest BCUT2D eigenvalue weighted by Gasteiger charge is 2.21. The predicted octanol–water partition coefficient (Wildman–Crippen LogP) is 2.42. The molecule has 0 bridgehead atoms. The number of carbonyl (C=O) groups is 1. The van der Waals surface area contributed by atoms with Gasteiger partial charge in [-0.15, -0.1) is 0 Å². The summed E-state index contributed by atoms with van der Waals surface area (Å²) in [7, 11) is 0. The normalized spacial score (nSPS) is 10.6. The zero-order valence-electron chi connectivity index (χ0n) is 6.60. The first-order chi connectivity index (χ1) is 6.43. The summed E-state index contributed by atoms with van der Waals surface area (Å²) in [6.07, 6.45) is -2.88. The van der Waals surface area contributed by atoms with Crippen molar-refractivity contribution in [2.24, 2.45) is 5.73 Å². The quantitative estimate of drug-likeness (QED) is 0.808. The Morgan fingerprint density at radius 1 is 1.50 bits per heavy atom. The van der Waals surface area contributed by atoms with Gasteiger partial charge < -0.3 is 5.73 Å². The summed E-state index contributed by atoms with van der Waals surface area (Å²) in [5, 5.41) is -0.629. The molecule has 2 N–H and O–H groups in total. The van der Waals surface area contributed by atoms with Gasteiger partial charge in [0.25, 0.3) is 12.3 Å². The van der Waals surface area contributed by atoms with Gasteiger partial charge in [0.1, 0.15) is 10.3 Å². The number of nitrogens with zero attached hydrogens (tertiary/aromatic N) is 1. The number of primary amides is 1. The van der Waals surface area contributed by atoms with Crippen LogP contribution in [0.2, 0.25) is 10.3 Å². The van der Waals surface area contributed by atoms with E-state index in [1.54, 1.807) is 0 Å². The molecule has 0 saturated carbocycles. The van der Waals surface area contributed by atoms with E-state index in [1.165, 1.54) is 0 Å². The molecule has 0 atom stereocenters. The van der Waals surface area contributed by atoms with Gasteiger partial charge in [0.05, 0.1) is 5.56 Å². The Labute approximate surface area is 87.8 Å². The molecule has 0 aliphatic heterocycles. The third-order valence-corrected chi connectivity index (χ3v) is 1.92. The molecule has 0 saturated heterocycles. The van der Waals surface area contributed by atoms with Gasteiger partial charge in [0, 0.05) is 5.56 Å². The number of hydrogen-bond acceptors (Lipinski definition) is 2. The standard InChI is InChI=1S/C7H4Cl2F2N2O/c8-3-1-2(6(10)11)4(7(12)14)5(9)13-3/h1,6H,(H2,12,14). The molecule has 1 aromatic heterocycles. The molecule has 0 spiro atoms. The zero-order valence-corrected chi connectivity index (χ0v) is 8.11. The molecule has 1 amide bonds. The van der Waals surface area contributed by atoms with Crippen molar-refractivity contribution < 1.29 is 13.6 Å². The second-order valence-corrected chi connectivity index (χ2v) is 3.11. The maximum Gasteiger partial charge on any atom is 0.264 e. The Kier molecular flexibility index (Phi) is 3.23. The average Bonchev–Trinajstić information content (AvgIpc) is 2.01. The van der Waals surface area contributed by atoms with Gasteiger partial charge in [-0.2, -0.15) is 0 Å². The van der Waals surface area contributed by atoms with Crippen LogP contribution in [0.4, 0.5) is 8.78 Å². The van der Waals surface area contributed by atoms with Crippen molar-refractivity contribution in [1.82, 2.24) is 4.98 Å². The summed E-state index contributed by atoms with van der Waals surface area (Å²) in [6, 6.07) is 0.859. The lowest BCUT2D eigenvalue weighted by Gasteiger charge is -2.07. The summed E-state index contributed by atoms with van der Waals surface area (Å²) < 4.78 is 24.8. The van der Waals surface area contributed by atoms with Crippen molar-refractivity contribution in [3.05, 3.63) is 27.5 Å². The van der Waals surface area contributed by atoms with Crippen molar-refractivity contribution in [2.75, 3.05) is 0 Å². The first kappa shape index (κ1) is 11.1. The number of amides is 1. The minimum absolute atomic E-state index is 0.213. The average molecular weight is 241 g/mol. The van der Waals surface area contributed by atoms with Gasteiger partial charge in [-0.3, -0.25) is 4.79 Å². The largest absolute Gasteiger partial charge is 0.365 e. The van der Waals surface area contributed by atoms with E-state index in [9.17, 15) is 13.6 Å². The Balaban J connectivity index is 3.44. The zero-order chi connectivity index (χ0) is 10.9. The number of pyridine rings is 1. The topological polar surface area (TPSA) is 56.0 Å². The molecule has 1 heterocycles. The minimum atomic E-state index is -2.88. The first-order valence-corrected chi connectivity index (χ1v) is 4.13. The van der Waals surface area contributed by atoms with E-state index in [1.807, 2.05) is 0 Å². The Bertz CT molecular complexity index is 384. The lowest BCUT2D eigenvalue weighted by atomic mass is 10.1. The molecule has 0 radical (unpaired) electrons. The molecule has 0 aromatic carbocycles. The van der Waals surface area contributed by atoms with Crippen LogP contribution in [0, 0.1) is 0 Å². The van der Waals surface area contributed by atoms with Crippen molar-refractivity contribution in [3.8, 4) is 0 Å². The Morgan fingerprint density at radius 3 is 2.50 bits per heavy atom. The lowest BCUT2D eigenvalue weighted by Crippen LogP contribution is -2.15. The Hall–Kier alpha value is -0.940. The molecule has 7 heteroatoms. The highest BCUT2D eigenvalue weighted by molar-refractivity contribution is 6.34. The number of nitrogens with two attached hydrogens (primary N) is 1. The van der Waals surface area contributed by atoms with Gasteiger partial charge in [-0.25, -0.2) is 13.8 Å². The van der Waals surface area contributed by atoms with E-state index in [0.29, 0.717) is 0 Å². The van der Waals surface area contributed by atoms with Crippen LogP contribution in [0.3, 0.4) is 0 Å². The van der Waals surface area contributed by atoms with E-state index in [4.69, 9.17) is 28.9 Å². The van der Waals surface area contributed by atoms with Crippen molar-refractivity contribution >= 4 is 29.1 Å². The van der Waals surface area contributed by atoms with Crippen LogP contribution in [0.15, 0.2) is 6.07 Å². The summed E-state index contributed by atoms with van der Waals surface area (Å²) in [4.78, 5) is 14.2. The third-order valence-electron chi connectivity index (χ3n) is 1.46. The second kappa shape index (κ2) is 4.06. The fraction of sp³-hybridized carbons (Fsp3) is 0.143. The number of halogens is 4. The SMILES string of the molecule is NC(=O)c1c(C(F)F)cc(Cl)nc1Cl. The molecular formula is C7H4Cl2F2N2O. The lowest BCUT2D eigenvalue weighted by molar-refractivity contribution is 0.0986. The second-order valence-electron chi connectivity index (χ2n) is 2.36. The molecule has 14 heavy (non-hydrogen) atoms. The molecule has 1 aromatic rings. The molecule has 1 rings (SSSR count). The van der Waals surface area contributed by atoms with Crippen LogP contribution in [0.1, 0.15) is 22.3 Å². The van der Waals surface area contributed by atoms with Crippen LogP contribution in [0.5, 0.6) is 0 Å². The molecular weight excluding hydrogens is 237 g/mol. The summed E-state index contributed by atoms with van der Waals surface area (Å²) >= 11 is 10.8. The van der Waals surface area contributed by atoms with Crippen molar-refractivity contribution in [3.63, 3.8) is 0 Å². The maximum atomic E-state index is 12.4. The van der Waals surface area contributed by atoms with Crippen LogP contribution >= 0.6 is 23.2 Å². The summed E-state index contributed by atoms with van der Waals surface area (Å²) in [5.74, 6) is -1.06. The van der Waals surface area contributed by atoms with E-state index < -0.39 is 28.6 Å². The van der Waals surface area contributed by atoms with E-state index in [0.717, 1.165) is 6.07 Å². The number of hydrogen-bond donors (Lipinski definition) is 1. The first-order valence-electron chi connectivity index (χ1n) is 3.37. The molecule has 0 aliphatic carbocycles. The van der Waals surface area contributed by atoms with E-state index >= 15 is 0 Å². The summed E-state index contributed by atoms with van der Waals surface area (Å²) in [5.41, 5.74) is 3.76. The third kappa shape index (κ3) is 2.10. The molecule has 0 aliphatic rings. The summed E-state index contributed by atoms with van der Waals surface area (Å²) in [6.45, 7) is 0. The van der Waals surface area contributed by atoms with Gasteiger partial charge in [0.2, 0.25) is 0 Å². The molecule has 0 unspecified atom stereocenters. The number of carbonyl (C=O) groups excluding carboxylic acids is 1. The molecule has 3 nitrogen and oxygen atoms in total. The van der Waals surface area contributed by atoms with Crippen LogP contribution in [0.25, 0.3) is 0 Å². The van der Waals surface area contributed by atoms with E-state index in [2.05, 4.69) is 4.98 Å². The number of alkyl halides is 2. The fourth-order valence-corrected chi connectivity index (χ4v) is 1.46. The van der Waals surface area contributed by atoms with Gasteiger partial charge in [-0.1, -0.05) is 23.2 Å². The fourth-order valence-electron chi connectivity index (χ4n) is 0.918. The minimum Gasteiger partial charge on any atom is -0.365 e. The van der Waals surface area contributed by atoms with Crippen LogP contribution < -0.4 is 5.73 Å². The highest BCUT2D eigenvalue weighted by Crippen LogP contribution is 2.29. The highest BCUT2D eigenvalue weighted by atomic mass is 35.5. The number of rotatable bonds is 2. The molecule has 0 fully saturated rings. The van der Waals surface area contributed by atoms with Crippen LogP contribution in [-0.2, 0) is 0 Å². The van der Waals surface area contributed by atoms with Crippen LogP contribution in [-0.4, -0.2) is 10.9 Å². The van der Waals surface area contributed by atoms with E-state index in [-0.39, 0.29) is 5.15 Å². The Morgan fingerprint density at radius 2 is 2.07 bits per heavy atom. The van der Waals surface area contributed by atoms with Crippen molar-refractivity contribution in [1.29, 1.82) is 0 Å².